The second-order valence-corrected chi connectivity index (χ2v) is 2.74. The Morgan fingerprint density at radius 3 is 3.14 bits per heavy atom. The third-order valence-electron chi connectivity index (χ3n) is 1.73. The van der Waals surface area contributed by atoms with Crippen LogP contribution in [-0.4, -0.2) is 30.1 Å². The van der Waals surface area contributed by atoms with Crippen LogP contribution < -0.4 is 5.32 Å². The van der Waals surface area contributed by atoms with Gasteiger partial charge in [0, 0.05) is 18.9 Å². The van der Waals surface area contributed by atoms with Crippen LogP contribution in [0.2, 0.25) is 0 Å². The molecule has 1 aliphatic heterocycles. The predicted octanol–water partition coefficient (Wildman–Crippen LogP) is 0.198. The van der Waals surface area contributed by atoms with E-state index < -0.39 is 5.97 Å². The first kappa shape index (κ1) is 8.68. The number of ether oxygens (including phenoxy) is 1. The molecule has 0 aliphatic carbocycles. The number of aliphatic imine (C=N–C) groups is 1. The van der Waals surface area contributed by atoms with Gasteiger partial charge in [-0.3, -0.25) is 4.98 Å². The monoisotopic (exact) mass is 191 g/mol. The van der Waals surface area contributed by atoms with Crippen molar-refractivity contribution in [3.05, 3.63) is 30.1 Å². The molecule has 1 N–H and O–H groups in total. The molecule has 2 rings (SSSR count). The Morgan fingerprint density at radius 2 is 2.50 bits per heavy atom. The number of nitrogens with zero attached hydrogens (tertiary/aromatic N) is 2. The summed E-state index contributed by atoms with van der Waals surface area (Å²) in [6.45, 7) is 1.37. The van der Waals surface area contributed by atoms with Crippen molar-refractivity contribution in [3.8, 4) is 0 Å². The van der Waals surface area contributed by atoms with Crippen LogP contribution in [0.25, 0.3) is 0 Å². The van der Waals surface area contributed by atoms with Crippen LogP contribution in [0.3, 0.4) is 0 Å². The number of hydrogen-bond acceptors (Lipinski definition) is 5. The van der Waals surface area contributed by atoms with Gasteiger partial charge >= 0.3 is 5.97 Å². The van der Waals surface area contributed by atoms with Gasteiger partial charge in [0.05, 0.1) is 12.1 Å². The zero-order chi connectivity index (χ0) is 9.80. The molecule has 1 aliphatic rings. The fourth-order valence-electron chi connectivity index (χ4n) is 1.07. The van der Waals surface area contributed by atoms with Crippen LogP contribution in [-0.2, 0) is 4.74 Å². The third-order valence-corrected chi connectivity index (χ3v) is 1.73. The quantitative estimate of drug-likeness (QED) is 0.644. The van der Waals surface area contributed by atoms with Crippen LogP contribution in [0.15, 0.2) is 29.5 Å². The molecule has 0 unspecified atom stereocenters. The molecule has 0 radical (unpaired) electrons. The maximum atomic E-state index is 11.4. The predicted molar refractivity (Wildman–Crippen MR) is 50.0 cm³/mol. The highest BCUT2D eigenvalue weighted by Crippen LogP contribution is 2.00. The number of nitrogens with one attached hydrogen (secondary N) is 1. The zero-order valence-electron chi connectivity index (χ0n) is 7.43. The Hall–Kier alpha value is -1.91. The Kier molecular flexibility index (Phi) is 2.40. The van der Waals surface area contributed by atoms with Crippen LogP contribution in [0.5, 0.6) is 0 Å². The van der Waals surface area contributed by atoms with Gasteiger partial charge in [0.1, 0.15) is 0 Å². The first-order chi connectivity index (χ1) is 6.86. The summed E-state index contributed by atoms with van der Waals surface area (Å²) in [6, 6.07) is 3.62. The van der Waals surface area contributed by atoms with Crippen molar-refractivity contribution in [2.24, 2.45) is 4.99 Å². The molecule has 1 aromatic heterocycles. The first-order valence-electron chi connectivity index (χ1n) is 4.27. The number of amidine groups is 1. The number of esters is 1. The minimum atomic E-state index is -0.439. The SMILES string of the molecule is O=C(OC1=NCCN1)c1cccnc1. The van der Waals surface area contributed by atoms with Crippen molar-refractivity contribution >= 4 is 12.0 Å². The summed E-state index contributed by atoms with van der Waals surface area (Å²) in [5.41, 5.74) is 0.420. The average Bonchev–Trinajstić information content (AvgIpc) is 2.72. The molecule has 1 aromatic rings. The number of pyridine rings is 1. The Bertz CT molecular complexity index is 362. The number of aromatic nitrogens is 1. The second-order valence-electron chi connectivity index (χ2n) is 2.74. The highest BCUT2D eigenvalue weighted by atomic mass is 16.6. The average molecular weight is 191 g/mol. The van der Waals surface area contributed by atoms with Gasteiger partial charge in [0.2, 0.25) is 0 Å². The van der Waals surface area contributed by atoms with E-state index >= 15 is 0 Å². The summed E-state index contributed by atoms with van der Waals surface area (Å²) in [5, 5.41) is 2.84. The fourth-order valence-corrected chi connectivity index (χ4v) is 1.07. The zero-order valence-corrected chi connectivity index (χ0v) is 7.43. The number of hydrogen-bond donors (Lipinski definition) is 1. The van der Waals surface area contributed by atoms with E-state index in [1.54, 1.807) is 18.3 Å². The fraction of sp³-hybridized carbons (Fsp3) is 0.222. The minimum Gasteiger partial charge on any atom is -0.389 e. The van der Waals surface area contributed by atoms with Crippen LogP contribution >= 0.6 is 0 Å². The third kappa shape index (κ3) is 1.87. The van der Waals surface area contributed by atoms with E-state index in [2.05, 4.69) is 15.3 Å². The van der Waals surface area contributed by atoms with E-state index in [9.17, 15) is 4.79 Å². The molecule has 0 spiro atoms. The van der Waals surface area contributed by atoms with E-state index in [1.165, 1.54) is 6.20 Å². The van der Waals surface area contributed by atoms with E-state index in [0.29, 0.717) is 18.1 Å². The van der Waals surface area contributed by atoms with Crippen molar-refractivity contribution < 1.29 is 9.53 Å². The van der Waals surface area contributed by atoms with Crippen molar-refractivity contribution in [2.75, 3.05) is 13.1 Å². The van der Waals surface area contributed by atoms with Gasteiger partial charge in [-0.05, 0) is 12.1 Å². The molecule has 0 saturated heterocycles. The van der Waals surface area contributed by atoms with Crippen LogP contribution in [0, 0.1) is 0 Å². The van der Waals surface area contributed by atoms with E-state index in [1.807, 2.05) is 0 Å². The largest absolute Gasteiger partial charge is 0.389 e. The Balaban J connectivity index is 2.03. The lowest BCUT2D eigenvalue weighted by molar-refractivity contribution is 0.0710. The summed E-state index contributed by atoms with van der Waals surface area (Å²) in [4.78, 5) is 19.2. The first-order valence-corrected chi connectivity index (χ1v) is 4.27. The maximum absolute atomic E-state index is 11.4. The molecule has 0 fully saturated rings. The lowest BCUT2D eigenvalue weighted by atomic mass is 10.3. The van der Waals surface area contributed by atoms with Crippen LogP contribution in [0.1, 0.15) is 10.4 Å². The molecule has 0 saturated carbocycles. The lowest BCUT2D eigenvalue weighted by Crippen LogP contribution is -2.24. The van der Waals surface area contributed by atoms with Gasteiger partial charge < -0.3 is 10.1 Å². The van der Waals surface area contributed by atoms with E-state index in [4.69, 9.17) is 4.74 Å². The molecule has 14 heavy (non-hydrogen) atoms. The van der Waals surface area contributed by atoms with Crippen LogP contribution in [0.4, 0.5) is 0 Å². The summed E-state index contributed by atoms with van der Waals surface area (Å²) in [5.74, 6) is -0.439. The maximum Gasteiger partial charge on any atom is 0.347 e. The molecule has 0 aromatic carbocycles. The molecular formula is C9H9N3O2. The smallest absolute Gasteiger partial charge is 0.347 e. The highest BCUT2D eigenvalue weighted by Gasteiger charge is 2.13. The summed E-state index contributed by atoms with van der Waals surface area (Å²) < 4.78 is 4.96. The van der Waals surface area contributed by atoms with Gasteiger partial charge in [0.15, 0.2) is 0 Å². The highest BCUT2D eigenvalue weighted by molar-refractivity contribution is 5.97. The molecule has 0 atom stereocenters. The summed E-state index contributed by atoms with van der Waals surface area (Å²) in [6.07, 6.45) is 3.06. The van der Waals surface area contributed by atoms with E-state index in [-0.39, 0.29) is 0 Å². The number of carbonyl (C=O) groups excluding carboxylic acids is 1. The molecule has 5 heteroatoms. The second kappa shape index (κ2) is 3.87. The lowest BCUT2D eigenvalue weighted by Gasteiger charge is -2.02. The summed E-state index contributed by atoms with van der Waals surface area (Å²) >= 11 is 0. The Morgan fingerprint density at radius 1 is 1.57 bits per heavy atom. The number of carbonyl (C=O) groups is 1. The van der Waals surface area contributed by atoms with Gasteiger partial charge in [-0.1, -0.05) is 0 Å². The molecule has 2 heterocycles. The molecule has 0 bridgehead atoms. The van der Waals surface area contributed by atoms with Crippen molar-refractivity contribution in [1.29, 1.82) is 0 Å². The molecule has 72 valence electrons. The van der Waals surface area contributed by atoms with E-state index in [0.717, 1.165) is 6.54 Å². The van der Waals surface area contributed by atoms with Crippen molar-refractivity contribution in [1.82, 2.24) is 10.3 Å². The standard InChI is InChI=1S/C9H9N3O2/c13-8(7-2-1-3-10-6-7)14-9-11-4-5-12-9/h1-3,6H,4-5H2,(H,11,12). The van der Waals surface area contributed by atoms with Gasteiger partial charge in [-0.2, -0.15) is 0 Å². The van der Waals surface area contributed by atoms with Crippen molar-refractivity contribution in [3.63, 3.8) is 0 Å². The van der Waals surface area contributed by atoms with Gasteiger partial charge in [0.25, 0.3) is 6.02 Å². The molecule has 0 amide bonds. The van der Waals surface area contributed by atoms with Crippen molar-refractivity contribution in [2.45, 2.75) is 0 Å². The number of rotatable bonds is 1. The summed E-state index contributed by atoms with van der Waals surface area (Å²) in [7, 11) is 0. The normalized spacial score (nSPS) is 14.4. The molecular weight excluding hydrogens is 182 g/mol. The minimum absolute atomic E-state index is 0.291. The Labute approximate surface area is 80.8 Å². The molecule has 5 nitrogen and oxygen atoms in total. The van der Waals surface area contributed by atoms with Gasteiger partial charge in [-0.15, -0.1) is 0 Å². The van der Waals surface area contributed by atoms with Gasteiger partial charge in [-0.25, -0.2) is 9.79 Å². The topological polar surface area (TPSA) is 63.6 Å².